The lowest BCUT2D eigenvalue weighted by molar-refractivity contribution is -0.117. The molecule has 7 nitrogen and oxygen atoms in total. The number of hydrogen-bond donors (Lipinski definition) is 2. The third-order valence-electron chi connectivity index (χ3n) is 2.63. The lowest BCUT2D eigenvalue weighted by atomic mass is 10.1. The zero-order valence-corrected chi connectivity index (χ0v) is 11.1. The molecule has 0 saturated heterocycles. The fraction of sp³-hybridized carbons (Fsp3) is 0.308. The van der Waals surface area contributed by atoms with Gasteiger partial charge in [0.2, 0.25) is 17.6 Å². The van der Waals surface area contributed by atoms with Gasteiger partial charge in [-0.2, -0.15) is 4.98 Å². The van der Waals surface area contributed by atoms with Crippen LogP contribution < -0.4 is 11.1 Å². The molecule has 1 atom stereocenters. The molecule has 3 N–H and O–H groups in total. The van der Waals surface area contributed by atoms with Crippen LogP contribution in [0.5, 0.6) is 0 Å². The minimum atomic E-state index is -0.441. The highest BCUT2D eigenvalue weighted by Crippen LogP contribution is 2.22. The molecule has 2 aromatic rings. The van der Waals surface area contributed by atoms with E-state index in [1.807, 2.05) is 30.3 Å². The van der Waals surface area contributed by atoms with Crippen molar-refractivity contribution in [2.24, 2.45) is 5.73 Å². The van der Waals surface area contributed by atoms with Crippen LogP contribution in [0.3, 0.4) is 0 Å². The maximum atomic E-state index is 10.6. The van der Waals surface area contributed by atoms with Crippen LogP contribution in [0.2, 0.25) is 0 Å². The predicted molar refractivity (Wildman–Crippen MR) is 70.5 cm³/mol. The Morgan fingerprint density at radius 3 is 2.85 bits per heavy atom. The van der Waals surface area contributed by atoms with Crippen molar-refractivity contribution in [1.82, 2.24) is 15.5 Å². The SMILES string of the molecule is COC(c1ccccc1)c1noc(CNCC(N)=O)n1. The first kappa shape index (κ1) is 14.2. The normalized spacial score (nSPS) is 12.2. The van der Waals surface area contributed by atoms with Crippen molar-refractivity contribution in [1.29, 1.82) is 0 Å². The molecule has 1 aromatic heterocycles. The molecule has 0 spiro atoms. The summed E-state index contributed by atoms with van der Waals surface area (Å²) in [6.45, 7) is 0.339. The van der Waals surface area contributed by atoms with E-state index in [0.29, 0.717) is 11.7 Å². The van der Waals surface area contributed by atoms with E-state index < -0.39 is 5.91 Å². The van der Waals surface area contributed by atoms with Gasteiger partial charge in [0.05, 0.1) is 13.1 Å². The quantitative estimate of drug-likeness (QED) is 0.757. The fourth-order valence-electron chi connectivity index (χ4n) is 1.76. The average Bonchev–Trinajstić information content (AvgIpc) is 2.89. The summed E-state index contributed by atoms with van der Waals surface area (Å²) in [4.78, 5) is 14.8. The van der Waals surface area contributed by atoms with Crippen molar-refractivity contribution in [3.05, 3.63) is 47.6 Å². The van der Waals surface area contributed by atoms with E-state index in [4.69, 9.17) is 15.0 Å². The van der Waals surface area contributed by atoms with Gasteiger partial charge in [-0.25, -0.2) is 0 Å². The molecule has 0 radical (unpaired) electrons. The lowest BCUT2D eigenvalue weighted by Crippen LogP contribution is -2.28. The van der Waals surface area contributed by atoms with Gasteiger partial charge in [-0.1, -0.05) is 35.5 Å². The first-order chi connectivity index (χ1) is 9.70. The van der Waals surface area contributed by atoms with Gasteiger partial charge >= 0.3 is 0 Å². The highest BCUT2D eigenvalue weighted by molar-refractivity contribution is 5.75. The van der Waals surface area contributed by atoms with E-state index in [9.17, 15) is 4.79 Å². The Morgan fingerprint density at radius 1 is 1.45 bits per heavy atom. The summed E-state index contributed by atoms with van der Waals surface area (Å²) in [6.07, 6.45) is -0.384. The molecule has 106 valence electrons. The van der Waals surface area contributed by atoms with Gasteiger partial charge in [-0.3, -0.25) is 10.1 Å². The zero-order chi connectivity index (χ0) is 14.4. The molecule has 0 saturated carbocycles. The summed E-state index contributed by atoms with van der Waals surface area (Å²) in [6, 6.07) is 9.60. The van der Waals surface area contributed by atoms with E-state index in [-0.39, 0.29) is 19.2 Å². The van der Waals surface area contributed by atoms with Crippen LogP contribution in [0.4, 0.5) is 0 Å². The number of carbonyl (C=O) groups is 1. The van der Waals surface area contributed by atoms with Gasteiger partial charge in [0.25, 0.3) is 0 Å². The monoisotopic (exact) mass is 276 g/mol. The third kappa shape index (κ3) is 3.62. The fourth-order valence-corrected chi connectivity index (χ4v) is 1.76. The van der Waals surface area contributed by atoms with Crippen LogP contribution in [0.1, 0.15) is 23.4 Å². The van der Waals surface area contributed by atoms with E-state index in [1.165, 1.54) is 0 Å². The minimum absolute atomic E-state index is 0.0596. The predicted octanol–water partition coefficient (Wildman–Crippen LogP) is 0.380. The minimum Gasteiger partial charge on any atom is -0.369 e. The van der Waals surface area contributed by atoms with E-state index in [2.05, 4.69) is 15.5 Å². The molecule has 2 rings (SSSR count). The van der Waals surface area contributed by atoms with Crippen molar-refractivity contribution < 1.29 is 14.1 Å². The van der Waals surface area contributed by atoms with Crippen LogP contribution in [0.25, 0.3) is 0 Å². The van der Waals surface area contributed by atoms with Crippen LogP contribution in [-0.2, 0) is 16.1 Å². The topological polar surface area (TPSA) is 103 Å². The number of aromatic nitrogens is 2. The second kappa shape index (κ2) is 6.78. The molecule has 7 heteroatoms. The Kier molecular flexibility index (Phi) is 4.80. The average molecular weight is 276 g/mol. The Labute approximate surface area is 116 Å². The standard InChI is InChI=1S/C13H16N4O3/c1-19-12(9-5-3-2-4-6-9)13-16-11(20-17-13)8-15-7-10(14)18/h2-6,12,15H,7-8H2,1H3,(H2,14,18). The molecule has 1 aromatic carbocycles. The molecule has 20 heavy (non-hydrogen) atoms. The summed E-state index contributed by atoms with van der Waals surface area (Å²) < 4.78 is 10.5. The maximum absolute atomic E-state index is 10.6. The molecule has 1 unspecified atom stereocenters. The molecule has 1 amide bonds. The Bertz CT molecular complexity index is 556. The molecule has 0 aliphatic carbocycles. The molecular weight excluding hydrogens is 260 g/mol. The van der Waals surface area contributed by atoms with Crippen molar-refractivity contribution >= 4 is 5.91 Å². The lowest BCUT2D eigenvalue weighted by Gasteiger charge is -2.10. The molecular formula is C13H16N4O3. The van der Waals surface area contributed by atoms with E-state index >= 15 is 0 Å². The first-order valence-electron chi connectivity index (χ1n) is 6.10. The Balaban J connectivity index is 2.05. The number of carbonyl (C=O) groups excluding carboxylic acids is 1. The van der Waals surface area contributed by atoms with Gasteiger partial charge in [0.1, 0.15) is 6.10 Å². The Hall–Kier alpha value is -2.25. The van der Waals surface area contributed by atoms with Gasteiger partial charge in [-0.05, 0) is 5.56 Å². The van der Waals surface area contributed by atoms with Crippen LogP contribution in [0, 0.1) is 0 Å². The smallest absolute Gasteiger partial charge is 0.240 e. The Morgan fingerprint density at radius 2 is 2.20 bits per heavy atom. The number of primary amides is 1. The van der Waals surface area contributed by atoms with Crippen LogP contribution in [0.15, 0.2) is 34.9 Å². The molecule has 0 aliphatic rings. The summed E-state index contributed by atoms with van der Waals surface area (Å²) in [7, 11) is 1.58. The number of hydrogen-bond acceptors (Lipinski definition) is 6. The summed E-state index contributed by atoms with van der Waals surface area (Å²) in [5.41, 5.74) is 5.96. The summed E-state index contributed by atoms with van der Waals surface area (Å²) in [5.74, 6) is 0.373. The largest absolute Gasteiger partial charge is 0.369 e. The molecule has 0 fully saturated rings. The van der Waals surface area contributed by atoms with Crippen LogP contribution >= 0.6 is 0 Å². The highest BCUT2D eigenvalue weighted by atomic mass is 16.5. The van der Waals surface area contributed by atoms with E-state index in [1.54, 1.807) is 7.11 Å². The highest BCUT2D eigenvalue weighted by Gasteiger charge is 2.19. The molecule has 1 heterocycles. The molecule has 0 aliphatic heterocycles. The van der Waals surface area contributed by atoms with E-state index in [0.717, 1.165) is 5.56 Å². The van der Waals surface area contributed by atoms with Gasteiger partial charge in [0.15, 0.2) is 0 Å². The second-order valence-corrected chi connectivity index (χ2v) is 4.14. The van der Waals surface area contributed by atoms with Crippen molar-refractivity contribution in [3.63, 3.8) is 0 Å². The number of amides is 1. The van der Waals surface area contributed by atoms with Crippen molar-refractivity contribution in [2.45, 2.75) is 12.6 Å². The van der Waals surface area contributed by atoms with Crippen LogP contribution in [-0.4, -0.2) is 29.7 Å². The number of nitrogens with two attached hydrogens (primary N) is 1. The number of methoxy groups -OCH3 is 1. The summed E-state index contributed by atoms with van der Waals surface area (Å²) in [5, 5.41) is 6.69. The number of rotatable bonds is 7. The van der Waals surface area contributed by atoms with Gasteiger partial charge < -0.3 is 15.0 Å². The van der Waals surface area contributed by atoms with Gasteiger partial charge in [0, 0.05) is 7.11 Å². The van der Waals surface area contributed by atoms with Crippen molar-refractivity contribution in [3.8, 4) is 0 Å². The summed E-state index contributed by atoms with van der Waals surface area (Å²) >= 11 is 0. The molecule has 0 bridgehead atoms. The number of nitrogens with zero attached hydrogens (tertiary/aromatic N) is 2. The number of benzene rings is 1. The van der Waals surface area contributed by atoms with Gasteiger partial charge in [-0.15, -0.1) is 0 Å². The zero-order valence-electron chi connectivity index (χ0n) is 11.1. The number of ether oxygens (including phenoxy) is 1. The maximum Gasteiger partial charge on any atom is 0.240 e. The number of nitrogens with one attached hydrogen (secondary N) is 1. The first-order valence-corrected chi connectivity index (χ1v) is 6.10. The second-order valence-electron chi connectivity index (χ2n) is 4.14. The van der Waals surface area contributed by atoms with Crippen molar-refractivity contribution in [2.75, 3.05) is 13.7 Å². The third-order valence-corrected chi connectivity index (χ3v) is 2.63.